The molecule has 10 nitrogen and oxygen atoms in total. The van der Waals surface area contributed by atoms with Gasteiger partial charge >= 0.3 is 0 Å². The number of nitro benzene ring substituents is 1. The smallest absolute Gasteiger partial charge is 0.269 e. The van der Waals surface area contributed by atoms with Gasteiger partial charge in [-0.15, -0.1) is 0 Å². The number of benzene rings is 3. The summed E-state index contributed by atoms with van der Waals surface area (Å²) in [4.78, 5) is 23.6. The molecule has 170 valence electrons. The molecular formula is C23H19IN8O2. The van der Waals surface area contributed by atoms with Gasteiger partial charge in [0.15, 0.2) is 0 Å². The molecule has 0 radical (unpaired) electrons. The van der Waals surface area contributed by atoms with Crippen LogP contribution in [0.5, 0.6) is 0 Å². The molecule has 0 aliphatic heterocycles. The highest BCUT2D eigenvalue weighted by Crippen LogP contribution is 2.22. The number of nitrogens with one attached hydrogen (secondary N) is 3. The third-order valence-electron chi connectivity index (χ3n) is 4.61. The van der Waals surface area contributed by atoms with Crippen molar-refractivity contribution in [2.24, 2.45) is 5.10 Å². The summed E-state index contributed by atoms with van der Waals surface area (Å²) in [6.45, 7) is 1.98. The van der Waals surface area contributed by atoms with Crippen molar-refractivity contribution in [3.05, 3.63) is 97.6 Å². The van der Waals surface area contributed by atoms with Crippen LogP contribution in [-0.2, 0) is 0 Å². The van der Waals surface area contributed by atoms with Gasteiger partial charge in [-0.1, -0.05) is 30.3 Å². The minimum atomic E-state index is -0.454. The first-order chi connectivity index (χ1) is 16.5. The monoisotopic (exact) mass is 566 g/mol. The van der Waals surface area contributed by atoms with Crippen LogP contribution >= 0.6 is 22.6 Å². The van der Waals surface area contributed by atoms with Crippen LogP contribution < -0.4 is 16.1 Å². The Balaban J connectivity index is 1.59. The fourth-order valence-corrected chi connectivity index (χ4v) is 3.24. The Labute approximate surface area is 208 Å². The van der Waals surface area contributed by atoms with Crippen molar-refractivity contribution in [2.75, 3.05) is 16.1 Å². The number of hydrogen-bond donors (Lipinski definition) is 3. The van der Waals surface area contributed by atoms with E-state index in [9.17, 15) is 10.1 Å². The van der Waals surface area contributed by atoms with Gasteiger partial charge in [-0.3, -0.25) is 10.1 Å². The molecule has 0 aliphatic rings. The van der Waals surface area contributed by atoms with Crippen LogP contribution in [-0.4, -0.2) is 26.1 Å². The van der Waals surface area contributed by atoms with Gasteiger partial charge in [-0.2, -0.15) is 20.1 Å². The summed E-state index contributed by atoms with van der Waals surface area (Å²) in [5, 5.41) is 21.4. The Morgan fingerprint density at radius 1 is 0.882 bits per heavy atom. The molecule has 0 amide bonds. The minimum Gasteiger partial charge on any atom is -0.324 e. The molecule has 0 aliphatic carbocycles. The summed E-state index contributed by atoms with van der Waals surface area (Å²) in [5.41, 5.74) is 6.22. The van der Waals surface area contributed by atoms with Gasteiger partial charge in [0.2, 0.25) is 17.8 Å². The van der Waals surface area contributed by atoms with Crippen LogP contribution in [0.3, 0.4) is 0 Å². The van der Waals surface area contributed by atoms with E-state index in [0.717, 1.165) is 20.4 Å². The maximum Gasteiger partial charge on any atom is 0.269 e. The van der Waals surface area contributed by atoms with E-state index in [4.69, 9.17) is 0 Å². The maximum atomic E-state index is 10.9. The van der Waals surface area contributed by atoms with Crippen LogP contribution in [0, 0.1) is 20.6 Å². The average molecular weight is 566 g/mol. The molecule has 4 rings (SSSR count). The van der Waals surface area contributed by atoms with E-state index in [2.05, 4.69) is 58.7 Å². The molecule has 0 unspecified atom stereocenters. The lowest BCUT2D eigenvalue weighted by Gasteiger charge is -2.11. The third kappa shape index (κ3) is 6.22. The minimum absolute atomic E-state index is 0.00426. The first kappa shape index (κ1) is 23.0. The molecule has 11 heteroatoms. The van der Waals surface area contributed by atoms with Gasteiger partial charge in [0.1, 0.15) is 0 Å². The molecule has 1 heterocycles. The lowest BCUT2D eigenvalue weighted by Crippen LogP contribution is -2.07. The standard InChI is InChI=1S/C23H19IN8O2/c1-15-4-2-3-5-20(15)27-22-28-21(26-18-10-12-19(13-11-18)32(33)34)29-23(30-22)31-25-14-16-6-8-17(24)9-7-16/h2-14H,1H3,(H3,26,27,28,29,30,31)/b25-14+. The first-order valence-electron chi connectivity index (χ1n) is 10.1. The maximum absolute atomic E-state index is 10.9. The number of nitro groups is 1. The summed E-state index contributed by atoms with van der Waals surface area (Å²) in [6.07, 6.45) is 1.66. The Morgan fingerprint density at radius 3 is 2.21 bits per heavy atom. The summed E-state index contributed by atoms with van der Waals surface area (Å²) < 4.78 is 1.13. The van der Waals surface area contributed by atoms with Crippen molar-refractivity contribution in [3.8, 4) is 0 Å². The number of para-hydroxylation sites is 1. The van der Waals surface area contributed by atoms with Gasteiger partial charge in [0.05, 0.1) is 11.1 Å². The SMILES string of the molecule is Cc1ccccc1Nc1nc(N/N=C/c2ccc(I)cc2)nc(Nc2ccc([N+](=O)[O-])cc2)n1. The quantitative estimate of drug-likeness (QED) is 0.108. The zero-order valence-electron chi connectivity index (χ0n) is 17.9. The molecular weight excluding hydrogens is 547 g/mol. The van der Waals surface area contributed by atoms with Gasteiger partial charge in [-0.25, -0.2) is 5.43 Å². The molecule has 3 aromatic carbocycles. The van der Waals surface area contributed by atoms with Crippen LogP contribution in [0.1, 0.15) is 11.1 Å². The van der Waals surface area contributed by atoms with Crippen LogP contribution in [0.15, 0.2) is 77.9 Å². The van der Waals surface area contributed by atoms with Crippen molar-refractivity contribution < 1.29 is 4.92 Å². The van der Waals surface area contributed by atoms with Crippen LogP contribution in [0.4, 0.5) is 34.9 Å². The normalized spacial score (nSPS) is 10.8. The molecule has 0 bridgehead atoms. The number of halogens is 1. The van der Waals surface area contributed by atoms with Crippen molar-refractivity contribution in [3.63, 3.8) is 0 Å². The van der Waals surface area contributed by atoms with E-state index in [1.807, 2.05) is 55.5 Å². The Hall–Kier alpha value is -4.13. The van der Waals surface area contributed by atoms with Crippen molar-refractivity contribution in [2.45, 2.75) is 6.92 Å². The fourth-order valence-electron chi connectivity index (χ4n) is 2.88. The lowest BCUT2D eigenvalue weighted by atomic mass is 10.2. The molecule has 0 fully saturated rings. The van der Waals surface area contributed by atoms with E-state index in [1.54, 1.807) is 18.3 Å². The van der Waals surface area contributed by atoms with Gasteiger partial charge in [0.25, 0.3) is 5.69 Å². The second-order valence-corrected chi connectivity index (χ2v) is 8.34. The van der Waals surface area contributed by atoms with Gasteiger partial charge in [-0.05, 0) is 71.0 Å². The van der Waals surface area contributed by atoms with Crippen LogP contribution in [0.25, 0.3) is 0 Å². The topological polar surface area (TPSA) is 130 Å². The number of non-ortho nitro benzene ring substituents is 1. The number of rotatable bonds is 8. The molecule has 0 saturated carbocycles. The molecule has 0 saturated heterocycles. The number of anilines is 5. The van der Waals surface area contributed by atoms with Gasteiger partial charge < -0.3 is 10.6 Å². The first-order valence-corrected chi connectivity index (χ1v) is 11.2. The molecule has 3 N–H and O–H groups in total. The van der Waals surface area contributed by atoms with Gasteiger partial charge in [0, 0.05) is 27.1 Å². The third-order valence-corrected chi connectivity index (χ3v) is 5.33. The summed E-state index contributed by atoms with van der Waals surface area (Å²) in [6, 6.07) is 21.6. The largest absolute Gasteiger partial charge is 0.324 e. The molecule has 0 spiro atoms. The van der Waals surface area contributed by atoms with E-state index < -0.39 is 4.92 Å². The van der Waals surface area contributed by atoms with Crippen LogP contribution in [0.2, 0.25) is 0 Å². The summed E-state index contributed by atoms with van der Waals surface area (Å²) in [5.74, 6) is 0.768. The number of hydrazone groups is 1. The second-order valence-electron chi connectivity index (χ2n) is 7.10. The molecule has 34 heavy (non-hydrogen) atoms. The van der Waals surface area contributed by atoms with E-state index >= 15 is 0 Å². The molecule has 1 aromatic heterocycles. The lowest BCUT2D eigenvalue weighted by molar-refractivity contribution is -0.384. The van der Waals surface area contributed by atoms with Crippen molar-refractivity contribution >= 4 is 63.7 Å². The molecule has 0 atom stereocenters. The number of nitrogens with zero attached hydrogens (tertiary/aromatic N) is 5. The highest BCUT2D eigenvalue weighted by Gasteiger charge is 2.10. The Morgan fingerprint density at radius 2 is 1.53 bits per heavy atom. The fraction of sp³-hybridized carbons (Fsp3) is 0.0435. The van der Waals surface area contributed by atoms with E-state index in [1.165, 1.54) is 12.1 Å². The molecule has 4 aromatic rings. The highest BCUT2D eigenvalue weighted by atomic mass is 127. The summed E-state index contributed by atoms with van der Waals surface area (Å²) in [7, 11) is 0. The second kappa shape index (κ2) is 10.7. The Bertz CT molecular complexity index is 1330. The average Bonchev–Trinajstić information content (AvgIpc) is 2.82. The zero-order valence-corrected chi connectivity index (χ0v) is 20.1. The van der Waals surface area contributed by atoms with Crippen molar-refractivity contribution in [1.82, 2.24) is 15.0 Å². The number of hydrogen-bond acceptors (Lipinski definition) is 9. The summed E-state index contributed by atoms with van der Waals surface area (Å²) >= 11 is 2.24. The van der Waals surface area contributed by atoms with E-state index in [0.29, 0.717) is 11.6 Å². The van der Waals surface area contributed by atoms with E-state index in [-0.39, 0.29) is 17.6 Å². The highest BCUT2D eigenvalue weighted by molar-refractivity contribution is 14.1. The number of aryl methyl sites for hydroxylation is 1. The van der Waals surface area contributed by atoms with Crippen molar-refractivity contribution in [1.29, 1.82) is 0 Å². The number of aromatic nitrogens is 3. The Kier molecular flexibility index (Phi) is 7.22. The predicted octanol–water partition coefficient (Wildman–Crippen LogP) is 5.63. The zero-order chi connectivity index (χ0) is 23.9. The predicted molar refractivity (Wildman–Crippen MR) is 141 cm³/mol.